The summed E-state index contributed by atoms with van der Waals surface area (Å²) in [6, 6.07) is 102. The third kappa shape index (κ3) is 8.53. The minimum Gasteiger partial charge on any atom is -0.308 e. The molecule has 0 unspecified atom stereocenters. The molecule has 0 atom stereocenters. The molecule has 2 heterocycles. The van der Waals surface area contributed by atoms with Gasteiger partial charge in [0, 0.05) is 27.5 Å². The van der Waals surface area contributed by atoms with Crippen LogP contribution in [0.2, 0.25) is 0 Å². The van der Waals surface area contributed by atoms with Gasteiger partial charge < -0.3 is 4.57 Å². The zero-order valence-electron chi connectivity index (χ0n) is 42.2. The SMILES string of the molecule is N#Cc1cccc(-c2ccc3c4ccc(-c5cccc(C#N)c5)cc4n(-c4ccc(-c5cccc([Si](c6ccccc6)(c6ccccc6)c6ccccc6)c5)cc4-c4nc(-c5ccccc5)nc(-c5ccccc5)n4)c3c2)c1. The highest BCUT2D eigenvalue weighted by Gasteiger charge is 2.41. The minimum absolute atomic E-state index is 0.517. The van der Waals surface area contributed by atoms with Crippen LogP contribution >= 0.6 is 0 Å². The Kier molecular flexibility index (Phi) is 12.3. The van der Waals surface area contributed by atoms with Gasteiger partial charge >= 0.3 is 0 Å². The van der Waals surface area contributed by atoms with Crippen molar-refractivity contribution in [2.75, 3.05) is 0 Å². The van der Waals surface area contributed by atoms with Gasteiger partial charge in [-0.05, 0) is 103 Å². The van der Waals surface area contributed by atoms with Crippen LogP contribution in [0.25, 0.3) is 95.0 Å². The van der Waals surface area contributed by atoms with Crippen molar-refractivity contribution in [1.82, 2.24) is 19.5 Å². The fourth-order valence-electron chi connectivity index (χ4n) is 11.2. The predicted octanol–water partition coefficient (Wildman–Crippen LogP) is 14.1. The van der Waals surface area contributed by atoms with E-state index in [1.54, 1.807) is 0 Å². The molecule has 0 saturated heterocycles. The molecule has 0 spiro atoms. The van der Waals surface area contributed by atoms with Gasteiger partial charge in [0.05, 0.1) is 40.0 Å². The first-order valence-electron chi connectivity index (χ1n) is 25.9. The first-order valence-corrected chi connectivity index (χ1v) is 27.9. The van der Waals surface area contributed by atoms with Crippen LogP contribution in [0, 0.1) is 22.7 Å². The van der Waals surface area contributed by atoms with E-state index in [1.807, 2.05) is 97.1 Å². The molecule has 13 aromatic rings. The average Bonchev–Trinajstić information content (AvgIpc) is 3.94. The summed E-state index contributed by atoms with van der Waals surface area (Å²) in [5.41, 5.74) is 12.4. The van der Waals surface area contributed by atoms with Crippen LogP contribution < -0.4 is 20.7 Å². The zero-order valence-corrected chi connectivity index (χ0v) is 43.2. The Hall–Kier alpha value is -10.6. The summed E-state index contributed by atoms with van der Waals surface area (Å²) >= 11 is 0. The molecule has 0 N–H and O–H groups in total. The minimum atomic E-state index is -2.90. The van der Waals surface area contributed by atoms with E-state index in [0.29, 0.717) is 28.6 Å². The van der Waals surface area contributed by atoms with Crippen LogP contribution in [0.5, 0.6) is 0 Å². The van der Waals surface area contributed by atoms with Crippen molar-refractivity contribution in [1.29, 1.82) is 10.5 Å². The molecular formula is C71H46N6Si. The van der Waals surface area contributed by atoms with Crippen LogP contribution in [0.3, 0.4) is 0 Å². The maximum absolute atomic E-state index is 9.97. The standard InChI is InChI=1S/C71H46N6Si/c72-47-49-19-16-25-53(41-49)57-35-38-63-64-39-36-58(54-26-17-20-50(42-54)48-73)46-68(64)77(67(63)45-57)66-40-37-56(44-65(66)71-75-69(51-21-6-1-7-22-51)74-70(76-71)52-23-8-2-9-24-52)55-27-18-34-62(43-55)78(59-28-10-3-11-29-59,60-30-12-4-13-31-60)61-32-14-5-15-33-61/h1-46H. The molecule has 0 aliphatic carbocycles. The normalized spacial score (nSPS) is 11.3. The number of nitrogens with zero attached hydrogens (tertiary/aromatic N) is 6. The molecule has 0 aliphatic rings. The van der Waals surface area contributed by atoms with Gasteiger partial charge in [0.15, 0.2) is 25.5 Å². The van der Waals surface area contributed by atoms with E-state index >= 15 is 0 Å². The van der Waals surface area contributed by atoms with E-state index in [-0.39, 0.29) is 0 Å². The van der Waals surface area contributed by atoms with Gasteiger partial charge in [-0.15, -0.1) is 0 Å². The third-order valence-corrected chi connectivity index (χ3v) is 19.6. The summed E-state index contributed by atoms with van der Waals surface area (Å²) in [5.74, 6) is 1.63. The van der Waals surface area contributed by atoms with Crippen molar-refractivity contribution in [2.24, 2.45) is 0 Å². The monoisotopic (exact) mass is 1010 g/mol. The van der Waals surface area contributed by atoms with Crippen molar-refractivity contribution < 1.29 is 0 Å². The molecule has 11 aromatic carbocycles. The van der Waals surface area contributed by atoms with Crippen LogP contribution in [0.1, 0.15) is 11.1 Å². The number of fused-ring (bicyclic) bond motifs is 3. The van der Waals surface area contributed by atoms with Gasteiger partial charge in [-0.25, -0.2) is 15.0 Å². The number of benzene rings is 11. The van der Waals surface area contributed by atoms with E-state index in [4.69, 9.17) is 15.0 Å². The van der Waals surface area contributed by atoms with Crippen LogP contribution in [0.4, 0.5) is 0 Å². The van der Waals surface area contributed by atoms with E-state index in [9.17, 15) is 10.5 Å². The molecule has 2 aromatic heterocycles. The number of hydrogen-bond donors (Lipinski definition) is 0. The van der Waals surface area contributed by atoms with Crippen molar-refractivity contribution in [3.63, 3.8) is 0 Å². The Morgan fingerprint density at radius 1 is 0.295 bits per heavy atom. The Labute approximate surface area is 453 Å². The Morgan fingerprint density at radius 2 is 0.654 bits per heavy atom. The molecule has 0 amide bonds. The molecule has 7 heteroatoms. The molecule has 364 valence electrons. The van der Waals surface area contributed by atoms with Gasteiger partial charge in [0.25, 0.3) is 0 Å². The molecule has 78 heavy (non-hydrogen) atoms. The smallest absolute Gasteiger partial charge is 0.179 e. The summed E-state index contributed by atoms with van der Waals surface area (Å²) in [6.45, 7) is 0. The third-order valence-electron chi connectivity index (χ3n) is 14.8. The van der Waals surface area contributed by atoms with Crippen molar-refractivity contribution in [2.45, 2.75) is 0 Å². The molecule has 0 aliphatic heterocycles. The maximum atomic E-state index is 9.97. The first kappa shape index (κ1) is 47.2. The molecule has 6 nitrogen and oxygen atoms in total. The fourth-order valence-corrected chi connectivity index (χ4v) is 16.0. The van der Waals surface area contributed by atoms with Crippen LogP contribution in [-0.4, -0.2) is 27.6 Å². The van der Waals surface area contributed by atoms with Crippen LogP contribution in [0.15, 0.2) is 279 Å². The van der Waals surface area contributed by atoms with Crippen molar-refractivity contribution in [3.05, 3.63) is 290 Å². The van der Waals surface area contributed by atoms with Gasteiger partial charge in [-0.3, -0.25) is 0 Å². The lowest BCUT2D eigenvalue weighted by atomic mass is 10.0. The van der Waals surface area contributed by atoms with Crippen molar-refractivity contribution in [3.8, 4) is 85.4 Å². The highest BCUT2D eigenvalue weighted by Crippen LogP contribution is 2.41. The second-order valence-electron chi connectivity index (χ2n) is 19.4. The summed E-state index contributed by atoms with van der Waals surface area (Å²) in [7, 11) is -2.90. The summed E-state index contributed by atoms with van der Waals surface area (Å²) in [6.07, 6.45) is 0. The lowest BCUT2D eigenvalue weighted by Crippen LogP contribution is -2.74. The number of rotatable bonds is 11. The van der Waals surface area contributed by atoms with Gasteiger partial charge in [-0.1, -0.05) is 231 Å². The Bertz CT molecular complexity index is 4180. The number of hydrogen-bond acceptors (Lipinski definition) is 5. The van der Waals surface area contributed by atoms with E-state index in [0.717, 1.165) is 77.6 Å². The summed E-state index contributed by atoms with van der Waals surface area (Å²) < 4.78 is 2.34. The second kappa shape index (κ2) is 20.3. The lowest BCUT2D eigenvalue weighted by Gasteiger charge is -2.34. The molecule has 13 rings (SSSR count). The number of nitriles is 2. The molecule has 0 radical (unpaired) electrons. The molecular weight excluding hydrogens is 965 g/mol. The summed E-state index contributed by atoms with van der Waals surface area (Å²) in [4.78, 5) is 16.0. The topological polar surface area (TPSA) is 91.2 Å². The van der Waals surface area contributed by atoms with E-state index in [1.165, 1.54) is 20.7 Å². The Morgan fingerprint density at radius 3 is 1.12 bits per heavy atom. The predicted molar refractivity (Wildman–Crippen MR) is 320 cm³/mol. The van der Waals surface area contributed by atoms with Gasteiger partial charge in [0.1, 0.15) is 0 Å². The lowest BCUT2D eigenvalue weighted by molar-refractivity contribution is 1.06. The fraction of sp³-hybridized carbons (Fsp3) is 0. The van der Waals surface area contributed by atoms with E-state index in [2.05, 4.69) is 199 Å². The number of aromatic nitrogens is 4. The van der Waals surface area contributed by atoms with Crippen LogP contribution in [-0.2, 0) is 0 Å². The van der Waals surface area contributed by atoms with Gasteiger partial charge in [-0.2, -0.15) is 10.5 Å². The molecule has 0 fully saturated rings. The zero-order chi connectivity index (χ0) is 52.4. The largest absolute Gasteiger partial charge is 0.308 e. The highest BCUT2D eigenvalue weighted by molar-refractivity contribution is 7.19. The van der Waals surface area contributed by atoms with E-state index < -0.39 is 8.07 Å². The summed E-state index contributed by atoms with van der Waals surface area (Å²) in [5, 5.41) is 27.2. The molecule has 0 saturated carbocycles. The average molecular weight is 1010 g/mol. The highest BCUT2D eigenvalue weighted by atomic mass is 28.3. The van der Waals surface area contributed by atoms with Crippen molar-refractivity contribution >= 4 is 50.6 Å². The maximum Gasteiger partial charge on any atom is 0.179 e. The first-order chi connectivity index (χ1) is 38.5. The molecule has 0 bridgehead atoms. The Balaban J connectivity index is 1.11. The van der Waals surface area contributed by atoms with Gasteiger partial charge in [0.2, 0.25) is 0 Å². The second-order valence-corrected chi connectivity index (χ2v) is 23.2. The quantitative estimate of drug-likeness (QED) is 0.0951.